The molecule has 136 valence electrons. The predicted octanol–water partition coefficient (Wildman–Crippen LogP) is 4.85. The standard InChI is InChI=1S/C18H34O5/c1-2-3-4-5-6-7-8-9-10-11-12-13-14-15(19)16(20)17(21)18(22)23/h15,19-21H,2-14H2,1H3,(H,22,23). The third kappa shape index (κ3) is 11.9. The summed E-state index contributed by atoms with van der Waals surface area (Å²) in [5.41, 5.74) is 0. The van der Waals surface area contributed by atoms with Crippen molar-refractivity contribution in [2.24, 2.45) is 0 Å². The summed E-state index contributed by atoms with van der Waals surface area (Å²) in [6.07, 6.45) is 13.4. The molecule has 0 fully saturated rings. The molecule has 0 bridgehead atoms. The van der Waals surface area contributed by atoms with Gasteiger partial charge in [0.05, 0.1) is 0 Å². The molecule has 0 aliphatic heterocycles. The Bertz CT molecular complexity index is 338. The Morgan fingerprint density at radius 2 is 1.13 bits per heavy atom. The van der Waals surface area contributed by atoms with E-state index >= 15 is 0 Å². The number of carbonyl (C=O) groups is 1. The topological polar surface area (TPSA) is 98.0 Å². The predicted molar refractivity (Wildman–Crippen MR) is 91.6 cm³/mol. The van der Waals surface area contributed by atoms with Crippen LogP contribution in [0, 0.1) is 0 Å². The number of hydrogen-bond donors (Lipinski definition) is 4. The minimum absolute atomic E-state index is 0.264. The number of aliphatic hydroxyl groups excluding tert-OH is 3. The Kier molecular flexibility index (Phi) is 13.6. The van der Waals surface area contributed by atoms with Gasteiger partial charge in [-0.1, -0.05) is 84.0 Å². The molecule has 23 heavy (non-hydrogen) atoms. The van der Waals surface area contributed by atoms with Crippen LogP contribution in [-0.4, -0.2) is 32.5 Å². The summed E-state index contributed by atoms with van der Waals surface area (Å²) in [4.78, 5) is 10.4. The van der Waals surface area contributed by atoms with E-state index in [4.69, 9.17) is 10.2 Å². The number of unbranched alkanes of at least 4 members (excludes halogenated alkanes) is 11. The summed E-state index contributed by atoms with van der Waals surface area (Å²) in [5, 5.41) is 36.4. The second kappa shape index (κ2) is 14.4. The average molecular weight is 330 g/mol. The maximum atomic E-state index is 10.4. The number of aliphatic carboxylic acids is 1. The van der Waals surface area contributed by atoms with Gasteiger partial charge in [-0.2, -0.15) is 0 Å². The average Bonchev–Trinajstić information content (AvgIpc) is 2.54. The fraction of sp³-hybridized carbons (Fsp3) is 0.833. The molecule has 0 heterocycles. The fourth-order valence-corrected chi connectivity index (χ4v) is 2.58. The van der Waals surface area contributed by atoms with E-state index in [1.54, 1.807) is 0 Å². The van der Waals surface area contributed by atoms with Crippen LogP contribution in [0.25, 0.3) is 0 Å². The van der Waals surface area contributed by atoms with Crippen LogP contribution in [0.2, 0.25) is 0 Å². The van der Waals surface area contributed by atoms with Gasteiger partial charge in [-0.25, -0.2) is 4.79 Å². The van der Waals surface area contributed by atoms with Gasteiger partial charge in [0.1, 0.15) is 6.10 Å². The van der Waals surface area contributed by atoms with Crippen molar-refractivity contribution in [3.05, 3.63) is 11.5 Å². The highest BCUT2D eigenvalue weighted by Gasteiger charge is 2.19. The number of aliphatic hydroxyl groups is 3. The number of rotatable bonds is 15. The second-order valence-electron chi connectivity index (χ2n) is 6.23. The van der Waals surface area contributed by atoms with E-state index in [-0.39, 0.29) is 6.42 Å². The zero-order valence-electron chi connectivity index (χ0n) is 14.5. The van der Waals surface area contributed by atoms with Crippen molar-refractivity contribution in [2.75, 3.05) is 0 Å². The van der Waals surface area contributed by atoms with E-state index in [0.29, 0.717) is 6.42 Å². The summed E-state index contributed by atoms with van der Waals surface area (Å²) in [6, 6.07) is 0. The van der Waals surface area contributed by atoms with E-state index in [1.807, 2.05) is 0 Å². The fourth-order valence-electron chi connectivity index (χ4n) is 2.58. The SMILES string of the molecule is CCCCCCCCCCCCCCC(O)C(O)=C(O)C(=O)O. The van der Waals surface area contributed by atoms with Crippen LogP contribution >= 0.6 is 0 Å². The van der Waals surface area contributed by atoms with Crippen LogP contribution in [-0.2, 0) is 4.79 Å². The lowest BCUT2D eigenvalue weighted by Gasteiger charge is -2.10. The normalized spacial score (nSPS) is 13.7. The van der Waals surface area contributed by atoms with Crippen LogP contribution in [0.5, 0.6) is 0 Å². The van der Waals surface area contributed by atoms with Crippen molar-refractivity contribution in [3.63, 3.8) is 0 Å². The van der Waals surface area contributed by atoms with Crippen molar-refractivity contribution in [1.29, 1.82) is 0 Å². The third-order valence-corrected chi connectivity index (χ3v) is 4.09. The lowest BCUT2D eigenvalue weighted by Crippen LogP contribution is -2.16. The Balaban J connectivity index is 3.46. The molecular formula is C18H34O5. The Morgan fingerprint density at radius 3 is 1.52 bits per heavy atom. The maximum Gasteiger partial charge on any atom is 0.374 e. The van der Waals surface area contributed by atoms with Crippen molar-refractivity contribution < 1.29 is 25.2 Å². The van der Waals surface area contributed by atoms with Gasteiger partial charge >= 0.3 is 5.97 Å². The Morgan fingerprint density at radius 1 is 0.739 bits per heavy atom. The van der Waals surface area contributed by atoms with Gasteiger partial charge in [0, 0.05) is 0 Å². The van der Waals surface area contributed by atoms with Crippen LogP contribution < -0.4 is 0 Å². The molecule has 1 atom stereocenters. The van der Waals surface area contributed by atoms with E-state index in [0.717, 1.165) is 12.8 Å². The van der Waals surface area contributed by atoms with E-state index in [9.17, 15) is 15.0 Å². The third-order valence-electron chi connectivity index (χ3n) is 4.09. The minimum Gasteiger partial charge on any atom is -0.506 e. The lowest BCUT2D eigenvalue weighted by molar-refractivity contribution is -0.136. The molecule has 0 aliphatic rings. The second-order valence-corrected chi connectivity index (χ2v) is 6.23. The minimum atomic E-state index is -1.63. The van der Waals surface area contributed by atoms with Gasteiger partial charge in [-0.3, -0.25) is 0 Å². The smallest absolute Gasteiger partial charge is 0.374 e. The molecule has 0 saturated heterocycles. The summed E-state index contributed by atoms with van der Waals surface area (Å²) in [7, 11) is 0. The van der Waals surface area contributed by atoms with Crippen molar-refractivity contribution in [3.8, 4) is 0 Å². The van der Waals surface area contributed by atoms with Gasteiger partial charge in [0.15, 0.2) is 5.76 Å². The molecule has 0 radical (unpaired) electrons. The molecular weight excluding hydrogens is 296 g/mol. The van der Waals surface area contributed by atoms with Crippen LogP contribution in [0.3, 0.4) is 0 Å². The molecule has 0 amide bonds. The molecule has 5 heteroatoms. The van der Waals surface area contributed by atoms with E-state index in [2.05, 4.69) is 6.92 Å². The summed E-state index contributed by atoms with van der Waals surface area (Å²) in [5.74, 6) is -3.65. The van der Waals surface area contributed by atoms with E-state index in [1.165, 1.54) is 57.8 Å². The molecule has 1 unspecified atom stereocenters. The van der Waals surface area contributed by atoms with Gasteiger partial charge in [0.2, 0.25) is 5.76 Å². The van der Waals surface area contributed by atoms with Crippen molar-refractivity contribution in [1.82, 2.24) is 0 Å². The number of carboxylic acids is 1. The summed E-state index contributed by atoms with van der Waals surface area (Å²) in [6.45, 7) is 2.23. The molecule has 0 spiro atoms. The van der Waals surface area contributed by atoms with Crippen LogP contribution in [0.15, 0.2) is 11.5 Å². The largest absolute Gasteiger partial charge is 0.506 e. The van der Waals surface area contributed by atoms with Gasteiger partial charge in [0.25, 0.3) is 0 Å². The molecule has 0 aromatic rings. The van der Waals surface area contributed by atoms with Gasteiger partial charge in [-0.05, 0) is 6.42 Å². The lowest BCUT2D eigenvalue weighted by atomic mass is 10.0. The molecule has 0 aromatic carbocycles. The Labute approximate surface area is 140 Å². The molecule has 4 N–H and O–H groups in total. The highest BCUT2D eigenvalue weighted by molar-refractivity contribution is 5.84. The summed E-state index contributed by atoms with van der Waals surface area (Å²) < 4.78 is 0. The summed E-state index contributed by atoms with van der Waals surface area (Å²) >= 11 is 0. The zero-order valence-corrected chi connectivity index (χ0v) is 14.5. The maximum absolute atomic E-state index is 10.4. The zero-order chi connectivity index (χ0) is 17.5. The highest BCUT2D eigenvalue weighted by Crippen LogP contribution is 2.15. The van der Waals surface area contributed by atoms with Crippen LogP contribution in [0.1, 0.15) is 90.4 Å². The van der Waals surface area contributed by atoms with Crippen LogP contribution in [0.4, 0.5) is 0 Å². The first-order chi connectivity index (χ1) is 11.0. The molecule has 0 saturated carbocycles. The number of hydrogen-bond acceptors (Lipinski definition) is 4. The van der Waals surface area contributed by atoms with Crippen molar-refractivity contribution in [2.45, 2.75) is 96.5 Å². The van der Waals surface area contributed by atoms with Gasteiger partial charge in [-0.15, -0.1) is 0 Å². The van der Waals surface area contributed by atoms with Crippen molar-refractivity contribution >= 4 is 5.97 Å². The first kappa shape index (κ1) is 21.8. The highest BCUT2D eigenvalue weighted by atomic mass is 16.4. The monoisotopic (exact) mass is 330 g/mol. The molecule has 0 rings (SSSR count). The van der Waals surface area contributed by atoms with Gasteiger partial charge < -0.3 is 20.4 Å². The number of carboxylic acid groups (broad SMARTS) is 1. The molecule has 5 nitrogen and oxygen atoms in total. The first-order valence-electron chi connectivity index (χ1n) is 9.04. The molecule has 0 aromatic heterocycles. The quantitative estimate of drug-likeness (QED) is 0.195. The van der Waals surface area contributed by atoms with E-state index < -0.39 is 23.6 Å². The first-order valence-corrected chi connectivity index (χ1v) is 9.04. The molecule has 0 aliphatic carbocycles. The Hall–Kier alpha value is -1.23.